The topological polar surface area (TPSA) is 64.4 Å². The molecule has 0 bridgehead atoms. The van der Waals surface area contributed by atoms with Gasteiger partial charge in [-0.15, -0.1) is 0 Å². The lowest BCUT2D eigenvalue weighted by atomic mass is 10.1. The fourth-order valence-corrected chi connectivity index (χ4v) is 3.61. The average Bonchev–Trinajstić information content (AvgIpc) is 2.37. The summed E-state index contributed by atoms with van der Waals surface area (Å²) >= 11 is 3.45. The molecular weight excluding hydrogens is 330 g/mol. The van der Waals surface area contributed by atoms with Gasteiger partial charge in [-0.05, 0) is 28.1 Å². The lowest BCUT2D eigenvalue weighted by Crippen LogP contribution is -2.48. The van der Waals surface area contributed by atoms with E-state index in [-0.39, 0.29) is 0 Å². The van der Waals surface area contributed by atoms with Crippen LogP contribution in [0.3, 0.4) is 0 Å². The van der Waals surface area contributed by atoms with Gasteiger partial charge in [0, 0.05) is 30.7 Å². The van der Waals surface area contributed by atoms with E-state index in [2.05, 4.69) is 22.0 Å². The molecule has 1 aliphatic rings. The number of hydrogen-bond donors (Lipinski definition) is 0. The van der Waals surface area contributed by atoms with Gasteiger partial charge in [0.25, 0.3) is 0 Å². The van der Waals surface area contributed by atoms with E-state index >= 15 is 0 Å². The molecule has 1 saturated heterocycles. The highest BCUT2D eigenvalue weighted by molar-refractivity contribution is 9.10. The van der Waals surface area contributed by atoms with Crippen molar-refractivity contribution in [2.75, 3.05) is 37.3 Å². The number of para-hydroxylation sites is 1. The Bertz CT molecular complexity index is 616. The van der Waals surface area contributed by atoms with Crippen molar-refractivity contribution in [2.45, 2.75) is 0 Å². The average molecular weight is 344 g/mol. The van der Waals surface area contributed by atoms with Crippen LogP contribution in [-0.4, -0.2) is 45.2 Å². The van der Waals surface area contributed by atoms with E-state index in [4.69, 9.17) is 5.26 Å². The summed E-state index contributed by atoms with van der Waals surface area (Å²) in [5, 5.41) is 9.15. The van der Waals surface area contributed by atoms with Crippen molar-refractivity contribution in [3.63, 3.8) is 0 Å². The zero-order valence-electron chi connectivity index (χ0n) is 10.5. The van der Waals surface area contributed by atoms with Crippen molar-refractivity contribution >= 4 is 31.6 Å². The first-order valence-electron chi connectivity index (χ1n) is 5.82. The van der Waals surface area contributed by atoms with Crippen LogP contribution in [0.4, 0.5) is 5.69 Å². The number of anilines is 1. The standard InChI is InChI=1S/C12H14BrN3O2S/c1-19(17,18)16-7-5-15(6-8-16)12-10(9-14)3-2-4-11(12)13/h2-4H,5-8H2,1H3. The van der Waals surface area contributed by atoms with Crippen molar-refractivity contribution < 1.29 is 8.42 Å². The summed E-state index contributed by atoms with van der Waals surface area (Å²) in [6.45, 7) is 2.07. The molecule has 0 radical (unpaired) electrons. The smallest absolute Gasteiger partial charge is 0.211 e. The van der Waals surface area contributed by atoms with Gasteiger partial charge in [0.2, 0.25) is 10.0 Å². The molecule has 102 valence electrons. The third-order valence-electron chi connectivity index (χ3n) is 3.13. The number of rotatable bonds is 2. The molecule has 0 saturated carbocycles. The molecule has 5 nitrogen and oxygen atoms in total. The summed E-state index contributed by atoms with van der Waals surface area (Å²) in [5.74, 6) is 0. The van der Waals surface area contributed by atoms with Crippen molar-refractivity contribution in [3.8, 4) is 6.07 Å². The Morgan fingerprint density at radius 1 is 1.26 bits per heavy atom. The summed E-state index contributed by atoms with van der Waals surface area (Å²) in [6.07, 6.45) is 1.22. The maximum atomic E-state index is 11.5. The molecular formula is C12H14BrN3O2S. The molecule has 1 heterocycles. The molecule has 0 spiro atoms. The highest BCUT2D eigenvalue weighted by Gasteiger charge is 2.25. The summed E-state index contributed by atoms with van der Waals surface area (Å²) in [4.78, 5) is 2.05. The number of nitriles is 1. The zero-order valence-corrected chi connectivity index (χ0v) is 12.9. The molecule has 0 aliphatic carbocycles. The minimum absolute atomic E-state index is 0.449. The quantitative estimate of drug-likeness (QED) is 0.814. The van der Waals surface area contributed by atoms with Crippen LogP contribution < -0.4 is 4.90 Å². The Morgan fingerprint density at radius 3 is 2.42 bits per heavy atom. The third-order valence-corrected chi connectivity index (χ3v) is 5.07. The van der Waals surface area contributed by atoms with E-state index in [0.717, 1.165) is 10.2 Å². The van der Waals surface area contributed by atoms with Crippen LogP contribution in [0.25, 0.3) is 0 Å². The Balaban J connectivity index is 2.22. The van der Waals surface area contributed by atoms with Crippen LogP contribution in [0.2, 0.25) is 0 Å². The van der Waals surface area contributed by atoms with Gasteiger partial charge in [-0.3, -0.25) is 0 Å². The van der Waals surface area contributed by atoms with E-state index in [9.17, 15) is 8.42 Å². The van der Waals surface area contributed by atoms with Gasteiger partial charge in [-0.1, -0.05) is 6.07 Å². The van der Waals surface area contributed by atoms with Gasteiger partial charge < -0.3 is 4.90 Å². The summed E-state index contributed by atoms with van der Waals surface area (Å²) in [5.41, 5.74) is 1.44. The van der Waals surface area contributed by atoms with Gasteiger partial charge in [0.15, 0.2) is 0 Å². The molecule has 1 aliphatic heterocycles. The number of piperazine rings is 1. The van der Waals surface area contributed by atoms with Gasteiger partial charge in [-0.25, -0.2) is 8.42 Å². The molecule has 0 amide bonds. The fraction of sp³-hybridized carbons (Fsp3) is 0.417. The maximum absolute atomic E-state index is 11.5. The molecule has 0 aromatic heterocycles. The van der Waals surface area contributed by atoms with E-state index in [1.807, 2.05) is 17.0 Å². The van der Waals surface area contributed by atoms with Crippen molar-refractivity contribution in [1.29, 1.82) is 5.26 Å². The molecule has 19 heavy (non-hydrogen) atoms. The van der Waals surface area contributed by atoms with E-state index in [0.29, 0.717) is 31.7 Å². The Kier molecular flexibility index (Phi) is 4.13. The third kappa shape index (κ3) is 3.08. The Morgan fingerprint density at radius 2 is 1.89 bits per heavy atom. The number of benzene rings is 1. The number of halogens is 1. The summed E-state index contributed by atoms with van der Waals surface area (Å²) in [7, 11) is -3.13. The first kappa shape index (κ1) is 14.3. The van der Waals surface area contributed by atoms with Crippen LogP contribution in [0.5, 0.6) is 0 Å². The monoisotopic (exact) mass is 343 g/mol. The van der Waals surface area contributed by atoms with Crippen molar-refractivity contribution in [2.24, 2.45) is 0 Å². The number of sulfonamides is 1. The molecule has 0 N–H and O–H groups in total. The van der Waals surface area contributed by atoms with E-state index in [1.54, 1.807) is 6.07 Å². The Labute approximate surface area is 121 Å². The van der Waals surface area contributed by atoms with Crippen LogP contribution in [0.15, 0.2) is 22.7 Å². The molecule has 2 rings (SSSR count). The highest BCUT2D eigenvalue weighted by atomic mass is 79.9. The highest BCUT2D eigenvalue weighted by Crippen LogP contribution is 2.30. The lowest BCUT2D eigenvalue weighted by molar-refractivity contribution is 0.388. The van der Waals surface area contributed by atoms with Crippen LogP contribution >= 0.6 is 15.9 Å². The SMILES string of the molecule is CS(=O)(=O)N1CCN(c2c(Br)cccc2C#N)CC1. The second-order valence-corrected chi connectivity index (χ2v) is 7.23. The minimum atomic E-state index is -3.13. The maximum Gasteiger partial charge on any atom is 0.211 e. The molecule has 1 aromatic carbocycles. The van der Waals surface area contributed by atoms with Crippen LogP contribution in [0, 0.1) is 11.3 Å². The zero-order chi connectivity index (χ0) is 14.0. The van der Waals surface area contributed by atoms with Crippen LogP contribution in [-0.2, 0) is 10.0 Å². The minimum Gasteiger partial charge on any atom is -0.367 e. The first-order valence-corrected chi connectivity index (χ1v) is 8.46. The van der Waals surface area contributed by atoms with Gasteiger partial charge in [0.05, 0.1) is 17.5 Å². The largest absolute Gasteiger partial charge is 0.367 e. The van der Waals surface area contributed by atoms with Crippen LogP contribution in [0.1, 0.15) is 5.56 Å². The number of nitrogens with zero attached hydrogens (tertiary/aromatic N) is 3. The summed E-state index contributed by atoms with van der Waals surface area (Å²) < 4.78 is 25.3. The van der Waals surface area contributed by atoms with Crippen molar-refractivity contribution in [3.05, 3.63) is 28.2 Å². The second kappa shape index (κ2) is 5.49. The van der Waals surface area contributed by atoms with E-state index in [1.165, 1.54) is 10.6 Å². The molecule has 7 heteroatoms. The molecule has 0 unspecified atom stereocenters. The normalized spacial score (nSPS) is 17.2. The molecule has 0 atom stereocenters. The fourth-order valence-electron chi connectivity index (χ4n) is 2.17. The Hall–Kier alpha value is -1.10. The molecule has 1 fully saturated rings. The summed E-state index contributed by atoms with van der Waals surface area (Å²) in [6, 6.07) is 7.64. The van der Waals surface area contributed by atoms with E-state index < -0.39 is 10.0 Å². The lowest BCUT2D eigenvalue weighted by Gasteiger charge is -2.35. The predicted molar refractivity (Wildman–Crippen MR) is 77.5 cm³/mol. The predicted octanol–water partition coefficient (Wildman–Crippen LogP) is 1.40. The first-order chi connectivity index (χ1) is 8.93. The second-order valence-electron chi connectivity index (χ2n) is 4.40. The van der Waals surface area contributed by atoms with Gasteiger partial charge >= 0.3 is 0 Å². The van der Waals surface area contributed by atoms with Gasteiger partial charge in [0.1, 0.15) is 6.07 Å². The van der Waals surface area contributed by atoms with Crippen molar-refractivity contribution in [1.82, 2.24) is 4.31 Å². The molecule has 1 aromatic rings. The number of hydrogen-bond acceptors (Lipinski definition) is 4. The van der Waals surface area contributed by atoms with Gasteiger partial charge in [-0.2, -0.15) is 9.57 Å².